The highest BCUT2D eigenvalue weighted by molar-refractivity contribution is 6.08. The Hall–Kier alpha value is -3.43. The molecule has 1 unspecified atom stereocenters. The summed E-state index contributed by atoms with van der Waals surface area (Å²) in [5, 5.41) is 14.3. The first-order valence-electron chi connectivity index (χ1n) is 12.5. The van der Waals surface area contributed by atoms with E-state index in [2.05, 4.69) is 53.2 Å². The fraction of sp³-hybridized carbons (Fsp3) is 0.444. The monoisotopic (exact) mass is 492 g/mol. The molecule has 3 heterocycles. The van der Waals surface area contributed by atoms with E-state index in [1.807, 2.05) is 30.5 Å². The minimum Gasteiger partial charge on any atom is -0.404 e. The van der Waals surface area contributed by atoms with Gasteiger partial charge in [0.1, 0.15) is 11.6 Å². The molecule has 1 fully saturated rings. The fourth-order valence-corrected chi connectivity index (χ4v) is 4.27. The predicted octanol–water partition coefficient (Wildman–Crippen LogP) is 3.42. The number of pyridine rings is 2. The van der Waals surface area contributed by atoms with Crippen LogP contribution in [0.2, 0.25) is 0 Å². The summed E-state index contributed by atoms with van der Waals surface area (Å²) in [4.78, 5) is 11.6. The first-order chi connectivity index (χ1) is 17.3. The topological polar surface area (TPSA) is 138 Å². The Morgan fingerprint density at radius 3 is 2.67 bits per heavy atom. The predicted molar refractivity (Wildman–Crippen MR) is 148 cm³/mol. The smallest absolute Gasteiger partial charge is 0.132 e. The molecule has 2 atom stereocenters. The molecule has 9 nitrogen and oxygen atoms in total. The van der Waals surface area contributed by atoms with Crippen molar-refractivity contribution in [2.24, 2.45) is 17.4 Å². The van der Waals surface area contributed by atoms with Crippen LogP contribution in [-0.4, -0.2) is 59.5 Å². The number of hydrogen-bond acceptors (Lipinski definition) is 9. The molecule has 2 aromatic heterocycles. The molecule has 0 aliphatic carbocycles. The lowest BCUT2D eigenvalue weighted by molar-refractivity contribution is -0.0679. The SMILES string of the molecule is CC1CN(CCCN/C=C(\C=N)c2cnc3ccc(N/C(N)=C/C(=C\N)C(C)C)nc3c2)C[C@H](C)O1. The van der Waals surface area contributed by atoms with Crippen LogP contribution in [0.25, 0.3) is 16.6 Å². The summed E-state index contributed by atoms with van der Waals surface area (Å²) in [6.07, 6.45) is 9.92. The van der Waals surface area contributed by atoms with Crippen molar-refractivity contribution >= 4 is 28.6 Å². The molecule has 0 spiro atoms. The Labute approximate surface area is 214 Å². The third-order valence-corrected chi connectivity index (χ3v) is 6.03. The number of aromatic nitrogens is 2. The first-order valence-corrected chi connectivity index (χ1v) is 12.5. The van der Waals surface area contributed by atoms with Crippen molar-refractivity contribution in [3.63, 3.8) is 0 Å². The normalized spacial score (nSPS) is 20.1. The van der Waals surface area contributed by atoms with Crippen LogP contribution in [-0.2, 0) is 4.74 Å². The summed E-state index contributed by atoms with van der Waals surface area (Å²) >= 11 is 0. The number of ether oxygens (including phenoxy) is 1. The van der Waals surface area contributed by atoms with Gasteiger partial charge in [0.2, 0.25) is 0 Å². The molecule has 0 saturated carbocycles. The Balaban J connectivity index is 1.63. The van der Waals surface area contributed by atoms with Gasteiger partial charge in [0.15, 0.2) is 0 Å². The molecular weight excluding hydrogens is 452 g/mol. The zero-order valence-corrected chi connectivity index (χ0v) is 21.8. The molecule has 0 amide bonds. The van der Waals surface area contributed by atoms with Crippen LogP contribution < -0.4 is 22.1 Å². The van der Waals surface area contributed by atoms with Gasteiger partial charge in [0.05, 0.1) is 23.2 Å². The number of morpholine rings is 1. The largest absolute Gasteiger partial charge is 0.404 e. The van der Waals surface area contributed by atoms with Crippen molar-refractivity contribution in [2.45, 2.75) is 46.3 Å². The summed E-state index contributed by atoms with van der Waals surface area (Å²) in [6.45, 7) is 12.2. The molecule has 0 bridgehead atoms. The molecule has 2 aromatic rings. The number of nitrogens with one attached hydrogen (secondary N) is 3. The van der Waals surface area contributed by atoms with Crippen LogP contribution in [0.5, 0.6) is 0 Å². The van der Waals surface area contributed by atoms with Gasteiger partial charge in [-0.3, -0.25) is 9.88 Å². The van der Waals surface area contributed by atoms with Gasteiger partial charge in [-0.1, -0.05) is 13.8 Å². The van der Waals surface area contributed by atoms with Gasteiger partial charge in [-0.25, -0.2) is 4.98 Å². The molecule has 3 rings (SSSR count). The van der Waals surface area contributed by atoms with Gasteiger partial charge in [-0.2, -0.15) is 0 Å². The molecule has 1 aliphatic heterocycles. The second kappa shape index (κ2) is 13.0. The molecule has 1 aliphatic rings. The molecule has 36 heavy (non-hydrogen) atoms. The summed E-state index contributed by atoms with van der Waals surface area (Å²) < 4.78 is 5.80. The zero-order chi connectivity index (χ0) is 26.1. The molecule has 0 radical (unpaired) electrons. The highest BCUT2D eigenvalue weighted by Crippen LogP contribution is 2.19. The minimum absolute atomic E-state index is 0.262. The molecule has 7 N–H and O–H groups in total. The zero-order valence-electron chi connectivity index (χ0n) is 21.8. The summed E-state index contributed by atoms with van der Waals surface area (Å²) in [5.74, 6) is 1.33. The molecule has 9 heteroatoms. The van der Waals surface area contributed by atoms with Crippen LogP contribution in [0.3, 0.4) is 0 Å². The van der Waals surface area contributed by atoms with Gasteiger partial charge in [-0.15, -0.1) is 0 Å². The second-order valence-electron chi connectivity index (χ2n) is 9.57. The third-order valence-electron chi connectivity index (χ3n) is 6.03. The van der Waals surface area contributed by atoms with Crippen LogP contribution >= 0.6 is 0 Å². The van der Waals surface area contributed by atoms with Crippen LogP contribution in [0.1, 0.15) is 39.7 Å². The highest BCUT2D eigenvalue weighted by atomic mass is 16.5. The Kier molecular flexibility index (Phi) is 9.84. The van der Waals surface area contributed by atoms with E-state index in [1.54, 1.807) is 12.4 Å². The quantitative estimate of drug-likeness (QED) is 0.183. The Morgan fingerprint density at radius 1 is 1.25 bits per heavy atom. The molecule has 194 valence electrons. The van der Waals surface area contributed by atoms with Crippen LogP contribution in [0.15, 0.2) is 54.3 Å². The fourth-order valence-electron chi connectivity index (χ4n) is 4.27. The maximum atomic E-state index is 7.89. The molecule has 1 saturated heterocycles. The number of hydrogen-bond donors (Lipinski definition) is 5. The number of anilines is 1. The summed E-state index contributed by atoms with van der Waals surface area (Å²) in [7, 11) is 0. The maximum Gasteiger partial charge on any atom is 0.132 e. The van der Waals surface area contributed by atoms with Crippen molar-refractivity contribution in [3.05, 3.63) is 59.8 Å². The van der Waals surface area contributed by atoms with Gasteiger partial charge < -0.3 is 32.2 Å². The van der Waals surface area contributed by atoms with Crippen molar-refractivity contribution < 1.29 is 4.74 Å². The highest BCUT2D eigenvalue weighted by Gasteiger charge is 2.21. The third kappa shape index (κ3) is 7.79. The average Bonchev–Trinajstić information content (AvgIpc) is 2.83. The van der Waals surface area contributed by atoms with Gasteiger partial charge in [-0.05, 0) is 62.2 Å². The number of rotatable bonds is 11. The first kappa shape index (κ1) is 27.2. The van der Waals surface area contributed by atoms with Gasteiger partial charge >= 0.3 is 0 Å². The van der Waals surface area contributed by atoms with E-state index >= 15 is 0 Å². The number of allylic oxidation sites excluding steroid dienone is 3. The van der Waals surface area contributed by atoms with Crippen molar-refractivity contribution in [1.82, 2.24) is 20.2 Å². The summed E-state index contributed by atoms with van der Waals surface area (Å²) in [5.41, 5.74) is 15.8. The minimum atomic E-state index is 0.262. The maximum absolute atomic E-state index is 7.89. The number of fused-ring (bicyclic) bond motifs is 1. The lowest BCUT2D eigenvalue weighted by Gasteiger charge is -2.35. The lowest BCUT2D eigenvalue weighted by atomic mass is 10.0. The van der Waals surface area contributed by atoms with Crippen molar-refractivity contribution in [1.29, 1.82) is 5.41 Å². The molecular formula is C27H40N8O. The van der Waals surface area contributed by atoms with E-state index in [1.165, 1.54) is 6.21 Å². The number of nitrogens with two attached hydrogens (primary N) is 2. The number of nitrogens with zero attached hydrogens (tertiary/aromatic N) is 3. The van der Waals surface area contributed by atoms with E-state index in [9.17, 15) is 0 Å². The van der Waals surface area contributed by atoms with E-state index in [0.717, 1.165) is 54.8 Å². The van der Waals surface area contributed by atoms with E-state index in [0.29, 0.717) is 17.2 Å². The second-order valence-corrected chi connectivity index (χ2v) is 9.57. The Morgan fingerprint density at radius 2 is 2.00 bits per heavy atom. The average molecular weight is 493 g/mol. The van der Waals surface area contributed by atoms with Crippen molar-refractivity contribution in [3.8, 4) is 0 Å². The Bertz CT molecular complexity index is 1110. The van der Waals surface area contributed by atoms with Crippen molar-refractivity contribution in [2.75, 3.05) is 31.5 Å². The van der Waals surface area contributed by atoms with E-state index in [-0.39, 0.29) is 18.1 Å². The van der Waals surface area contributed by atoms with E-state index < -0.39 is 0 Å². The standard InChI is InChI=1S/C27H40N8O/c1-18(2)21(12-28)11-26(30)34-27-7-6-24-25(33-27)10-22(15-32-24)23(13-29)14-31-8-5-9-35-16-19(3)36-20(4)17-35/h6-7,10-15,18-20,29,31H,5,8-9,16-17,28,30H2,1-4H3,(H,33,34)/b21-12+,23-14+,26-11+,29-13?/t19-,20?/m0/s1. The van der Waals surface area contributed by atoms with Gasteiger partial charge in [0.25, 0.3) is 0 Å². The lowest BCUT2D eigenvalue weighted by Crippen LogP contribution is -2.45. The van der Waals surface area contributed by atoms with Crippen LogP contribution in [0, 0.1) is 11.3 Å². The van der Waals surface area contributed by atoms with E-state index in [4.69, 9.17) is 21.6 Å². The van der Waals surface area contributed by atoms with Crippen LogP contribution in [0.4, 0.5) is 5.82 Å². The summed E-state index contributed by atoms with van der Waals surface area (Å²) in [6, 6.07) is 5.66. The van der Waals surface area contributed by atoms with Gasteiger partial charge in [0, 0.05) is 55.9 Å². The molecule has 0 aromatic carbocycles.